The van der Waals surface area contributed by atoms with Gasteiger partial charge in [0.1, 0.15) is 24.4 Å². The Hall–Kier alpha value is -1.01. The van der Waals surface area contributed by atoms with Crippen LogP contribution < -0.4 is 0 Å². The first-order valence-corrected chi connectivity index (χ1v) is 7.20. The maximum atomic E-state index is 9.73. The number of hydrogen-bond donors (Lipinski definition) is 4. The molecule has 0 unspecified atom stereocenters. The molecule has 1 aliphatic heterocycles. The summed E-state index contributed by atoms with van der Waals surface area (Å²) in [7, 11) is 0. The number of rotatable bonds is 11. The zero-order chi connectivity index (χ0) is 17.1. The summed E-state index contributed by atoms with van der Waals surface area (Å²) in [6.45, 7) is 1.01. The molecule has 0 aliphatic carbocycles. The van der Waals surface area contributed by atoms with Crippen LogP contribution >= 0.6 is 0 Å². The van der Waals surface area contributed by atoms with E-state index < -0.39 is 37.3 Å². The molecule has 0 radical (unpaired) electrons. The van der Waals surface area contributed by atoms with Crippen LogP contribution in [0.25, 0.3) is 10.4 Å². The van der Waals surface area contributed by atoms with E-state index in [1.54, 1.807) is 0 Å². The van der Waals surface area contributed by atoms with E-state index >= 15 is 0 Å². The summed E-state index contributed by atoms with van der Waals surface area (Å²) in [6, 6.07) is 0. The minimum atomic E-state index is -1.46. The van der Waals surface area contributed by atoms with Crippen molar-refractivity contribution in [2.75, 3.05) is 46.2 Å². The third kappa shape index (κ3) is 6.96. The Morgan fingerprint density at radius 2 is 1.61 bits per heavy atom. The van der Waals surface area contributed by atoms with E-state index in [4.69, 9.17) is 29.6 Å². The lowest BCUT2D eigenvalue weighted by Gasteiger charge is -2.39. The van der Waals surface area contributed by atoms with Crippen molar-refractivity contribution >= 4 is 0 Å². The summed E-state index contributed by atoms with van der Waals surface area (Å²) >= 11 is 0. The third-order valence-electron chi connectivity index (χ3n) is 3.13. The van der Waals surface area contributed by atoms with Crippen molar-refractivity contribution in [3.63, 3.8) is 0 Å². The highest BCUT2D eigenvalue weighted by molar-refractivity contribution is 4.88. The smallest absolute Gasteiger partial charge is 0.186 e. The monoisotopic (exact) mass is 337 g/mol. The van der Waals surface area contributed by atoms with Crippen LogP contribution in [0.15, 0.2) is 5.11 Å². The van der Waals surface area contributed by atoms with E-state index in [1.807, 2.05) is 0 Å². The average Bonchev–Trinajstić information content (AvgIpc) is 2.56. The van der Waals surface area contributed by atoms with Gasteiger partial charge in [-0.2, -0.15) is 0 Å². The second kappa shape index (κ2) is 11.5. The molecule has 23 heavy (non-hydrogen) atoms. The summed E-state index contributed by atoms with van der Waals surface area (Å²) in [5.41, 5.74) is 8.05. The Balaban J connectivity index is 2.09. The van der Waals surface area contributed by atoms with E-state index in [-0.39, 0.29) is 19.8 Å². The molecule has 11 heteroatoms. The van der Waals surface area contributed by atoms with Crippen LogP contribution in [0.5, 0.6) is 0 Å². The molecule has 0 spiro atoms. The van der Waals surface area contributed by atoms with E-state index in [0.29, 0.717) is 19.8 Å². The molecule has 11 nitrogen and oxygen atoms in total. The van der Waals surface area contributed by atoms with E-state index in [0.717, 1.165) is 0 Å². The van der Waals surface area contributed by atoms with Crippen LogP contribution in [-0.2, 0) is 18.9 Å². The van der Waals surface area contributed by atoms with Crippen LogP contribution in [0.4, 0.5) is 0 Å². The highest BCUT2D eigenvalue weighted by atomic mass is 16.7. The van der Waals surface area contributed by atoms with Gasteiger partial charge >= 0.3 is 0 Å². The lowest BCUT2D eigenvalue weighted by molar-refractivity contribution is -0.302. The van der Waals surface area contributed by atoms with Crippen molar-refractivity contribution in [3.8, 4) is 0 Å². The minimum absolute atomic E-state index is 0.0847. The Morgan fingerprint density at radius 3 is 2.26 bits per heavy atom. The van der Waals surface area contributed by atoms with E-state index in [2.05, 4.69) is 10.0 Å². The van der Waals surface area contributed by atoms with Gasteiger partial charge in [-0.25, -0.2) is 0 Å². The van der Waals surface area contributed by atoms with Gasteiger partial charge in [-0.05, 0) is 5.53 Å². The van der Waals surface area contributed by atoms with Crippen molar-refractivity contribution in [3.05, 3.63) is 10.4 Å². The molecule has 0 saturated carbocycles. The molecule has 134 valence electrons. The zero-order valence-electron chi connectivity index (χ0n) is 12.6. The number of aliphatic hydroxyl groups excluding tert-OH is 4. The summed E-state index contributed by atoms with van der Waals surface area (Å²) in [5, 5.41) is 41.2. The van der Waals surface area contributed by atoms with Gasteiger partial charge in [0.15, 0.2) is 6.29 Å². The Morgan fingerprint density at radius 1 is 0.957 bits per heavy atom. The average molecular weight is 337 g/mol. The standard InChI is InChI=1S/C12H23N3O8/c13-15-14-1-2-20-3-4-21-5-6-22-12-11(19)10(18)9(17)8(7-16)23-12/h8-12,16-19H,1-7H2/t8-,9+,10+,11-,12-/m1/s1. The molecule has 1 heterocycles. The van der Waals surface area contributed by atoms with Crippen LogP contribution in [0.3, 0.4) is 0 Å². The maximum absolute atomic E-state index is 9.73. The molecule has 0 amide bonds. The normalized spacial score (nSPS) is 30.9. The molecular formula is C12H23N3O8. The van der Waals surface area contributed by atoms with Gasteiger partial charge in [0.25, 0.3) is 0 Å². The lowest BCUT2D eigenvalue weighted by Crippen LogP contribution is -2.59. The SMILES string of the molecule is [N-]=[N+]=NCCOCCOCCO[C@@H]1O[C@H](CO)[C@H](O)[C@H](O)[C@H]1O. The van der Waals surface area contributed by atoms with Crippen molar-refractivity contribution in [1.82, 2.24) is 0 Å². The quantitative estimate of drug-likeness (QED) is 0.147. The number of aliphatic hydroxyl groups is 4. The van der Waals surface area contributed by atoms with E-state index in [1.165, 1.54) is 0 Å². The molecule has 1 rings (SSSR count). The highest BCUT2D eigenvalue weighted by Gasteiger charge is 2.43. The first-order valence-electron chi connectivity index (χ1n) is 7.20. The number of ether oxygens (including phenoxy) is 4. The van der Waals surface area contributed by atoms with Crippen LogP contribution in [-0.4, -0.2) is 97.3 Å². The number of hydrogen-bond acceptors (Lipinski definition) is 9. The van der Waals surface area contributed by atoms with Crippen LogP contribution in [0.1, 0.15) is 0 Å². The molecular weight excluding hydrogens is 314 g/mol. The summed E-state index contributed by atoms with van der Waals surface area (Å²) in [6.07, 6.45) is -6.44. The Bertz CT molecular complexity index is 366. The predicted molar refractivity (Wildman–Crippen MR) is 75.4 cm³/mol. The molecule has 0 aromatic heterocycles. The maximum Gasteiger partial charge on any atom is 0.186 e. The molecule has 1 saturated heterocycles. The van der Waals surface area contributed by atoms with E-state index in [9.17, 15) is 15.3 Å². The van der Waals surface area contributed by atoms with Gasteiger partial charge < -0.3 is 39.4 Å². The largest absolute Gasteiger partial charge is 0.394 e. The summed E-state index contributed by atoms with van der Waals surface area (Å²) < 4.78 is 20.7. The topological polar surface area (TPSA) is 167 Å². The highest BCUT2D eigenvalue weighted by Crippen LogP contribution is 2.21. The van der Waals surface area contributed by atoms with Crippen molar-refractivity contribution in [2.24, 2.45) is 5.11 Å². The van der Waals surface area contributed by atoms with Gasteiger partial charge in [0, 0.05) is 11.5 Å². The van der Waals surface area contributed by atoms with Gasteiger partial charge in [-0.3, -0.25) is 0 Å². The van der Waals surface area contributed by atoms with Gasteiger partial charge in [0.05, 0.1) is 39.6 Å². The third-order valence-corrected chi connectivity index (χ3v) is 3.13. The molecule has 0 aromatic rings. The first kappa shape index (κ1) is 20.0. The number of azide groups is 1. The fourth-order valence-corrected chi connectivity index (χ4v) is 1.90. The second-order valence-electron chi connectivity index (χ2n) is 4.75. The lowest BCUT2D eigenvalue weighted by atomic mass is 9.99. The Labute approximate surface area is 133 Å². The molecule has 5 atom stereocenters. The van der Waals surface area contributed by atoms with Crippen molar-refractivity contribution < 1.29 is 39.4 Å². The zero-order valence-corrected chi connectivity index (χ0v) is 12.6. The van der Waals surface area contributed by atoms with Crippen LogP contribution in [0, 0.1) is 0 Å². The Kier molecular flexibility index (Phi) is 10.0. The molecule has 4 N–H and O–H groups in total. The summed E-state index contributed by atoms with van der Waals surface area (Å²) in [4.78, 5) is 2.58. The van der Waals surface area contributed by atoms with Gasteiger partial charge in [-0.15, -0.1) is 0 Å². The molecule has 0 bridgehead atoms. The fraction of sp³-hybridized carbons (Fsp3) is 1.00. The molecule has 1 aliphatic rings. The predicted octanol–water partition coefficient (Wildman–Crippen LogP) is -1.85. The van der Waals surface area contributed by atoms with Crippen molar-refractivity contribution in [2.45, 2.75) is 30.7 Å². The van der Waals surface area contributed by atoms with Gasteiger partial charge in [0.2, 0.25) is 0 Å². The van der Waals surface area contributed by atoms with Crippen molar-refractivity contribution in [1.29, 1.82) is 0 Å². The minimum Gasteiger partial charge on any atom is -0.394 e. The number of nitrogens with zero attached hydrogens (tertiary/aromatic N) is 3. The second-order valence-corrected chi connectivity index (χ2v) is 4.75. The fourth-order valence-electron chi connectivity index (χ4n) is 1.90. The van der Waals surface area contributed by atoms with Crippen LogP contribution in [0.2, 0.25) is 0 Å². The summed E-state index contributed by atoms with van der Waals surface area (Å²) in [5.74, 6) is 0. The molecule has 1 fully saturated rings. The molecule has 0 aromatic carbocycles. The van der Waals surface area contributed by atoms with Gasteiger partial charge in [-0.1, -0.05) is 5.11 Å². The first-order chi connectivity index (χ1) is 11.1.